The van der Waals surface area contributed by atoms with Crippen molar-refractivity contribution in [3.8, 4) is 11.5 Å². The molecule has 4 heteroatoms. The largest absolute Gasteiger partial charge is 0.361 e. The normalized spacial score (nSPS) is 10.7. The molecule has 90 valence electrons. The van der Waals surface area contributed by atoms with Crippen molar-refractivity contribution >= 4 is 0 Å². The predicted octanol–water partition coefficient (Wildman–Crippen LogP) is 2.89. The van der Waals surface area contributed by atoms with Crippen molar-refractivity contribution in [1.82, 2.24) is 14.7 Å². The molecule has 0 aliphatic carbocycles. The van der Waals surface area contributed by atoms with Crippen LogP contribution in [0, 0.1) is 6.92 Å². The molecule has 0 radical (unpaired) electrons. The molecule has 0 spiro atoms. The highest BCUT2D eigenvalue weighted by molar-refractivity contribution is 5.49. The fourth-order valence-electron chi connectivity index (χ4n) is 1.92. The third-order valence-corrected chi connectivity index (χ3v) is 2.77. The Hall–Kier alpha value is -2.36. The van der Waals surface area contributed by atoms with Gasteiger partial charge < -0.3 is 9.09 Å². The first kappa shape index (κ1) is 10.8. The summed E-state index contributed by atoms with van der Waals surface area (Å²) in [6.07, 6.45) is 3.73. The van der Waals surface area contributed by atoms with Gasteiger partial charge in [0.25, 0.3) is 0 Å². The molecular weight excluding hydrogens is 226 g/mol. The van der Waals surface area contributed by atoms with E-state index in [-0.39, 0.29) is 0 Å². The molecule has 0 unspecified atom stereocenters. The average Bonchev–Trinajstić information content (AvgIpc) is 2.99. The van der Waals surface area contributed by atoms with Crippen LogP contribution < -0.4 is 0 Å². The molecule has 0 saturated heterocycles. The van der Waals surface area contributed by atoms with Crippen LogP contribution in [0.2, 0.25) is 0 Å². The second kappa shape index (κ2) is 4.49. The third-order valence-electron chi connectivity index (χ3n) is 2.77. The van der Waals surface area contributed by atoms with Gasteiger partial charge in [-0.2, -0.15) is 0 Å². The smallest absolute Gasteiger partial charge is 0.162 e. The van der Waals surface area contributed by atoms with Crippen LogP contribution in [0.5, 0.6) is 0 Å². The lowest BCUT2D eigenvalue weighted by Gasteiger charge is -2.05. The van der Waals surface area contributed by atoms with Gasteiger partial charge in [-0.1, -0.05) is 35.5 Å². The predicted molar refractivity (Wildman–Crippen MR) is 68.0 cm³/mol. The molecule has 4 nitrogen and oxygen atoms in total. The topological polar surface area (TPSA) is 43.9 Å². The van der Waals surface area contributed by atoms with E-state index in [4.69, 9.17) is 4.52 Å². The zero-order valence-corrected chi connectivity index (χ0v) is 10.1. The lowest BCUT2D eigenvalue weighted by Crippen LogP contribution is -2.00. The van der Waals surface area contributed by atoms with Crippen LogP contribution in [-0.2, 0) is 6.54 Å². The number of nitrogens with zero attached hydrogens (tertiary/aromatic N) is 3. The maximum absolute atomic E-state index is 5.09. The zero-order chi connectivity index (χ0) is 12.4. The molecule has 2 aromatic heterocycles. The van der Waals surface area contributed by atoms with Crippen LogP contribution in [0.1, 0.15) is 11.3 Å². The number of imidazole rings is 1. The van der Waals surface area contributed by atoms with Crippen molar-refractivity contribution in [1.29, 1.82) is 0 Å². The maximum atomic E-state index is 5.09. The molecular formula is C14H13N3O. The van der Waals surface area contributed by atoms with E-state index in [1.165, 1.54) is 5.56 Å². The average molecular weight is 239 g/mol. The van der Waals surface area contributed by atoms with Crippen molar-refractivity contribution in [3.05, 3.63) is 60.1 Å². The molecule has 3 rings (SSSR count). The number of hydrogen-bond donors (Lipinski definition) is 0. The van der Waals surface area contributed by atoms with Gasteiger partial charge in [0, 0.05) is 25.0 Å². The Morgan fingerprint density at radius 1 is 1.22 bits per heavy atom. The SMILES string of the molecule is Cc1cc(-c2nccn2Cc2ccccc2)no1. The first-order valence-electron chi connectivity index (χ1n) is 5.82. The van der Waals surface area contributed by atoms with Gasteiger partial charge in [-0.15, -0.1) is 0 Å². The van der Waals surface area contributed by atoms with Gasteiger partial charge in [-0.25, -0.2) is 4.98 Å². The van der Waals surface area contributed by atoms with Crippen molar-refractivity contribution in [2.24, 2.45) is 0 Å². The Morgan fingerprint density at radius 2 is 2.06 bits per heavy atom. The Labute approximate surface area is 105 Å². The Morgan fingerprint density at radius 3 is 2.78 bits per heavy atom. The highest BCUT2D eigenvalue weighted by atomic mass is 16.5. The number of benzene rings is 1. The molecule has 1 aromatic carbocycles. The third kappa shape index (κ3) is 2.05. The van der Waals surface area contributed by atoms with Crippen LogP contribution in [0.3, 0.4) is 0 Å². The molecule has 0 fully saturated rings. The lowest BCUT2D eigenvalue weighted by molar-refractivity contribution is 0.399. The molecule has 0 atom stereocenters. The van der Waals surface area contributed by atoms with Gasteiger partial charge >= 0.3 is 0 Å². The zero-order valence-electron chi connectivity index (χ0n) is 10.1. The van der Waals surface area contributed by atoms with Crippen LogP contribution in [-0.4, -0.2) is 14.7 Å². The van der Waals surface area contributed by atoms with E-state index < -0.39 is 0 Å². The second-order valence-electron chi connectivity index (χ2n) is 4.19. The monoisotopic (exact) mass is 239 g/mol. The molecule has 0 N–H and O–H groups in total. The number of rotatable bonds is 3. The Kier molecular flexibility index (Phi) is 2.68. The summed E-state index contributed by atoms with van der Waals surface area (Å²) < 4.78 is 7.15. The first-order chi connectivity index (χ1) is 8.83. The van der Waals surface area contributed by atoms with Crippen LogP contribution >= 0.6 is 0 Å². The number of aromatic nitrogens is 3. The van der Waals surface area contributed by atoms with Gasteiger partial charge in [-0.05, 0) is 12.5 Å². The van der Waals surface area contributed by atoms with E-state index in [1.54, 1.807) is 6.20 Å². The highest BCUT2D eigenvalue weighted by Gasteiger charge is 2.10. The molecule has 2 heterocycles. The molecule has 0 aliphatic heterocycles. The van der Waals surface area contributed by atoms with Crippen molar-refractivity contribution in [2.75, 3.05) is 0 Å². The summed E-state index contributed by atoms with van der Waals surface area (Å²) in [5, 5.41) is 4.00. The van der Waals surface area contributed by atoms with Gasteiger partial charge in [0.1, 0.15) is 11.5 Å². The summed E-state index contributed by atoms with van der Waals surface area (Å²) in [5.74, 6) is 1.62. The fraction of sp³-hybridized carbons (Fsp3) is 0.143. The highest BCUT2D eigenvalue weighted by Crippen LogP contribution is 2.18. The first-order valence-corrected chi connectivity index (χ1v) is 5.82. The minimum atomic E-state index is 0.772. The molecule has 0 amide bonds. The molecule has 0 saturated carbocycles. The van der Waals surface area contributed by atoms with Crippen molar-refractivity contribution < 1.29 is 4.52 Å². The summed E-state index contributed by atoms with van der Waals surface area (Å²) in [6, 6.07) is 12.2. The van der Waals surface area contributed by atoms with E-state index in [0.717, 1.165) is 23.8 Å². The molecule has 3 aromatic rings. The number of hydrogen-bond acceptors (Lipinski definition) is 3. The van der Waals surface area contributed by atoms with Gasteiger partial charge in [0.05, 0.1) is 0 Å². The summed E-state index contributed by atoms with van der Waals surface area (Å²) in [7, 11) is 0. The van der Waals surface area contributed by atoms with Crippen LogP contribution in [0.4, 0.5) is 0 Å². The van der Waals surface area contributed by atoms with E-state index in [1.807, 2.05) is 37.4 Å². The maximum Gasteiger partial charge on any atom is 0.162 e. The van der Waals surface area contributed by atoms with Gasteiger partial charge in [0.2, 0.25) is 0 Å². The minimum absolute atomic E-state index is 0.772. The van der Waals surface area contributed by atoms with E-state index in [0.29, 0.717) is 0 Å². The standard InChI is InChI=1S/C14H13N3O/c1-11-9-13(16-18-11)14-15-7-8-17(14)10-12-5-3-2-4-6-12/h2-9H,10H2,1H3. The van der Waals surface area contributed by atoms with E-state index in [9.17, 15) is 0 Å². The lowest BCUT2D eigenvalue weighted by atomic mass is 10.2. The summed E-state index contributed by atoms with van der Waals surface area (Å²) in [6.45, 7) is 2.66. The van der Waals surface area contributed by atoms with Crippen molar-refractivity contribution in [3.63, 3.8) is 0 Å². The fourth-order valence-corrected chi connectivity index (χ4v) is 1.92. The number of aryl methyl sites for hydroxylation is 1. The van der Waals surface area contributed by atoms with Crippen molar-refractivity contribution in [2.45, 2.75) is 13.5 Å². The quantitative estimate of drug-likeness (QED) is 0.705. The molecule has 18 heavy (non-hydrogen) atoms. The molecule has 0 bridgehead atoms. The summed E-state index contributed by atoms with van der Waals surface area (Å²) in [5.41, 5.74) is 2.00. The van der Waals surface area contributed by atoms with Crippen LogP contribution in [0.25, 0.3) is 11.5 Å². The Balaban J connectivity index is 1.93. The van der Waals surface area contributed by atoms with Crippen LogP contribution in [0.15, 0.2) is 53.3 Å². The minimum Gasteiger partial charge on any atom is -0.361 e. The van der Waals surface area contributed by atoms with Gasteiger partial charge in [0.15, 0.2) is 5.82 Å². The van der Waals surface area contributed by atoms with E-state index >= 15 is 0 Å². The summed E-state index contributed by atoms with van der Waals surface area (Å²) >= 11 is 0. The van der Waals surface area contributed by atoms with E-state index in [2.05, 4.69) is 26.8 Å². The second-order valence-corrected chi connectivity index (χ2v) is 4.19. The van der Waals surface area contributed by atoms with Gasteiger partial charge in [-0.3, -0.25) is 0 Å². The Bertz CT molecular complexity index is 640. The molecule has 0 aliphatic rings. The summed E-state index contributed by atoms with van der Waals surface area (Å²) in [4.78, 5) is 4.34.